The molecule has 0 unspecified atom stereocenters. The van der Waals surface area contributed by atoms with Gasteiger partial charge in [-0.3, -0.25) is 4.99 Å². The largest absolute Gasteiger partial charge is 0.494 e. The van der Waals surface area contributed by atoms with Gasteiger partial charge in [0.1, 0.15) is 5.75 Å². The average Bonchev–Trinajstić information content (AvgIpc) is 2.90. The fourth-order valence-corrected chi connectivity index (χ4v) is 8.83. The van der Waals surface area contributed by atoms with Gasteiger partial charge in [-0.1, -0.05) is 76.8 Å². The molecule has 0 aliphatic heterocycles. The zero-order valence-electron chi connectivity index (χ0n) is 24.5. The lowest BCUT2D eigenvalue weighted by Gasteiger charge is -2.60. The molecule has 4 saturated carbocycles. The molecule has 2 atom stereocenters. The van der Waals surface area contributed by atoms with Crippen molar-refractivity contribution in [3.8, 4) is 5.75 Å². The van der Waals surface area contributed by atoms with Crippen LogP contribution in [0.4, 0.5) is 5.69 Å². The van der Waals surface area contributed by atoms with Gasteiger partial charge >= 0.3 is 0 Å². The average molecular weight is 548 g/mol. The lowest BCUT2D eigenvalue weighted by molar-refractivity contribution is 0.00900. The zero-order chi connectivity index (χ0) is 27.1. The number of nitrogens with zero attached hydrogens (tertiary/aromatic N) is 1. The molecule has 6 rings (SSSR count). The van der Waals surface area contributed by atoms with Crippen LogP contribution in [0.2, 0.25) is 0 Å². The highest BCUT2D eigenvalue weighted by atomic mass is 35.5. The summed E-state index contributed by atoms with van der Waals surface area (Å²) < 4.78 is 6.00. The highest BCUT2D eigenvalue weighted by Gasteiger charge is 2.57. The van der Waals surface area contributed by atoms with Crippen LogP contribution >= 0.6 is 11.6 Å². The molecule has 0 saturated heterocycles. The minimum Gasteiger partial charge on any atom is -0.494 e. The molecule has 39 heavy (non-hydrogen) atoms. The summed E-state index contributed by atoms with van der Waals surface area (Å²) in [5, 5.41) is 0. The van der Waals surface area contributed by atoms with Crippen molar-refractivity contribution in [2.45, 2.75) is 127 Å². The molecular formula is C36H50ClNO. The molecule has 4 bridgehead atoms. The lowest BCUT2D eigenvalue weighted by atomic mass is 9.47. The van der Waals surface area contributed by atoms with E-state index in [0.29, 0.717) is 0 Å². The van der Waals surface area contributed by atoms with Crippen molar-refractivity contribution in [3.63, 3.8) is 0 Å². The van der Waals surface area contributed by atoms with Crippen molar-refractivity contribution in [1.82, 2.24) is 0 Å². The number of halogens is 1. The van der Waals surface area contributed by atoms with Gasteiger partial charge in [-0.2, -0.15) is 0 Å². The van der Waals surface area contributed by atoms with Crippen molar-refractivity contribution in [3.05, 3.63) is 59.2 Å². The van der Waals surface area contributed by atoms with Crippen molar-refractivity contribution < 1.29 is 4.74 Å². The molecule has 2 aromatic rings. The number of rotatable bonds is 15. The topological polar surface area (TPSA) is 21.6 Å². The highest BCUT2D eigenvalue weighted by molar-refractivity contribution is 6.24. The van der Waals surface area contributed by atoms with Crippen molar-refractivity contribution in [2.75, 3.05) is 6.61 Å². The molecule has 0 heterocycles. The van der Waals surface area contributed by atoms with E-state index in [1.165, 1.54) is 101 Å². The number of hydrogen-bond donors (Lipinski definition) is 0. The first kappa shape index (κ1) is 28.7. The lowest BCUT2D eigenvalue weighted by Crippen LogP contribution is -2.55. The van der Waals surface area contributed by atoms with E-state index in [0.717, 1.165) is 48.3 Å². The summed E-state index contributed by atoms with van der Waals surface area (Å²) in [4.78, 5) is 4.98. The third-order valence-corrected chi connectivity index (χ3v) is 10.3. The van der Waals surface area contributed by atoms with Gasteiger partial charge in [-0.15, -0.1) is 11.6 Å². The Balaban J connectivity index is 1.08. The molecule has 4 aliphatic rings. The minimum atomic E-state index is 0.0375. The van der Waals surface area contributed by atoms with Crippen LogP contribution in [0.3, 0.4) is 0 Å². The van der Waals surface area contributed by atoms with E-state index in [1.54, 1.807) is 0 Å². The van der Waals surface area contributed by atoms with Crippen LogP contribution in [-0.2, 0) is 5.41 Å². The smallest absolute Gasteiger partial charge is 0.119 e. The summed E-state index contributed by atoms with van der Waals surface area (Å²) >= 11 is 7.14. The van der Waals surface area contributed by atoms with Gasteiger partial charge in [0, 0.05) is 11.1 Å². The van der Waals surface area contributed by atoms with Gasteiger partial charge in [-0.05, 0) is 116 Å². The van der Waals surface area contributed by atoms with Crippen LogP contribution in [0.1, 0.15) is 126 Å². The maximum Gasteiger partial charge on any atom is 0.119 e. The Morgan fingerprint density at radius 2 is 1.49 bits per heavy atom. The number of hydrogen-bond acceptors (Lipinski definition) is 2. The fraction of sp³-hybridized carbons (Fsp3) is 0.639. The molecule has 212 valence electrons. The Morgan fingerprint density at radius 3 is 2.13 bits per heavy atom. The third-order valence-electron chi connectivity index (χ3n) is 9.81. The quantitative estimate of drug-likeness (QED) is 0.123. The maximum atomic E-state index is 7.14. The molecular weight excluding hydrogens is 498 g/mol. The summed E-state index contributed by atoms with van der Waals surface area (Å²) in [6.45, 7) is 5.26. The predicted molar refractivity (Wildman–Crippen MR) is 167 cm³/mol. The predicted octanol–water partition coefficient (Wildman–Crippen LogP) is 10.9. The van der Waals surface area contributed by atoms with Gasteiger partial charge in [0.2, 0.25) is 0 Å². The number of ether oxygens (including phenoxy) is 1. The Labute approximate surface area is 243 Å². The summed E-state index contributed by atoms with van der Waals surface area (Å²) in [7, 11) is 0. The second kappa shape index (κ2) is 13.2. The maximum absolute atomic E-state index is 7.14. The Morgan fingerprint density at radius 1 is 0.846 bits per heavy atom. The molecule has 3 heteroatoms. The normalized spacial score (nSPS) is 27.5. The van der Waals surface area contributed by atoms with E-state index < -0.39 is 0 Å². The van der Waals surface area contributed by atoms with Gasteiger partial charge in [0.15, 0.2) is 0 Å². The third kappa shape index (κ3) is 7.49. The molecule has 0 aromatic heterocycles. The van der Waals surface area contributed by atoms with E-state index in [-0.39, 0.29) is 10.3 Å². The second-order valence-corrected chi connectivity index (χ2v) is 14.1. The molecule has 2 aromatic carbocycles. The van der Waals surface area contributed by atoms with Gasteiger partial charge < -0.3 is 4.74 Å². The Kier molecular flexibility index (Phi) is 9.75. The standard InChI is InChI=1S/C36H50ClNO/c1-3-4-5-6-7-8-9-10-11-12-19-39-33-17-14-29(15-18-33)26-38-34-21-32(16-13-28(34)2)35-22-30-20-31(23-35)25-36(37,24-30)27-35/h13-18,21,26,30-31H,3-12,19-20,22-25,27H2,1-2H3/t30-,31-,35?,36?/m1/s1. The van der Waals surface area contributed by atoms with Crippen LogP contribution in [0, 0.1) is 18.8 Å². The minimum absolute atomic E-state index is 0.0375. The van der Waals surface area contributed by atoms with E-state index in [9.17, 15) is 0 Å². The molecule has 2 nitrogen and oxygen atoms in total. The molecule has 0 spiro atoms. The van der Waals surface area contributed by atoms with Crippen LogP contribution in [0.5, 0.6) is 5.75 Å². The van der Waals surface area contributed by atoms with E-state index >= 15 is 0 Å². The van der Waals surface area contributed by atoms with Gasteiger partial charge in [-0.25, -0.2) is 0 Å². The summed E-state index contributed by atoms with van der Waals surface area (Å²) in [6, 6.07) is 15.4. The second-order valence-electron chi connectivity index (χ2n) is 13.3. The number of benzene rings is 2. The van der Waals surface area contributed by atoms with Crippen LogP contribution < -0.4 is 4.74 Å². The Bertz CT molecular complexity index is 1080. The van der Waals surface area contributed by atoms with E-state index in [2.05, 4.69) is 56.3 Å². The SMILES string of the molecule is CCCCCCCCCCCCOc1ccc(C=Nc2cc(C34C[C@H]5C[C@@H](CC(Cl)(C5)C3)C4)ccc2C)cc1. The molecule has 4 fully saturated rings. The van der Waals surface area contributed by atoms with Crippen molar-refractivity contribution >= 4 is 23.5 Å². The Hall–Kier alpha value is -1.80. The van der Waals surface area contributed by atoms with Crippen molar-refractivity contribution in [2.24, 2.45) is 16.8 Å². The van der Waals surface area contributed by atoms with Crippen molar-refractivity contribution in [1.29, 1.82) is 0 Å². The number of aryl methyl sites for hydroxylation is 1. The molecule has 0 amide bonds. The number of alkyl halides is 1. The molecule has 4 aliphatic carbocycles. The number of aliphatic imine (C=N–C) groups is 1. The zero-order valence-corrected chi connectivity index (χ0v) is 25.3. The number of unbranched alkanes of at least 4 members (excludes halogenated alkanes) is 9. The first-order valence-corrected chi connectivity index (χ1v) is 16.4. The molecule has 0 N–H and O–H groups in total. The summed E-state index contributed by atoms with van der Waals surface area (Å²) in [5.74, 6) is 2.57. The first-order valence-electron chi connectivity index (χ1n) is 16.0. The van der Waals surface area contributed by atoms with E-state index in [1.807, 2.05) is 6.21 Å². The van der Waals surface area contributed by atoms with Gasteiger partial charge in [0.05, 0.1) is 12.3 Å². The monoisotopic (exact) mass is 547 g/mol. The van der Waals surface area contributed by atoms with Gasteiger partial charge in [0.25, 0.3) is 0 Å². The van der Waals surface area contributed by atoms with Crippen LogP contribution in [-0.4, -0.2) is 17.7 Å². The summed E-state index contributed by atoms with van der Waals surface area (Å²) in [6.07, 6.45) is 23.1. The molecule has 0 radical (unpaired) electrons. The first-order chi connectivity index (χ1) is 19.0. The fourth-order valence-electron chi connectivity index (χ4n) is 8.14. The summed E-state index contributed by atoms with van der Waals surface area (Å²) in [5.41, 5.74) is 5.16. The van der Waals surface area contributed by atoms with Crippen LogP contribution in [0.15, 0.2) is 47.5 Å². The van der Waals surface area contributed by atoms with E-state index in [4.69, 9.17) is 21.3 Å². The van der Waals surface area contributed by atoms with Crippen LogP contribution in [0.25, 0.3) is 0 Å². The highest BCUT2D eigenvalue weighted by Crippen LogP contribution is 2.64.